The third-order valence-electron chi connectivity index (χ3n) is 2.21. The second-order valence-electron chi connectivity index (χ2n) is 3.06. The van der Waals surface area contributed by atoms with Crippen LogP contribution >= 0.6 is 15.9 Å². The summed E-state index contributed by atoms with van der Waals surface area (Å²) in [6.07, 6.45) is 1.56. The van der Waals surface area contributed by atoms with Gasteiger partial charge in [-0.15, -0.1) is 0 Å². The van der Waals surface area contributed by atoms with Crippen LogP contribution in [0, 0.1) is 0 Å². The Labute approximate surface area is 90.7 Å². The van der Waals surface area contributed by atoms with Crippen LogP contribution in [0.5, 0.6) is 0 Å². The van der Waals surface area contributed by atoms with Crippen molar-refractivity contribution in [1.82, 2.24) is 4.98 Å². The van der Waals surface area contributed by atoms with Crippen molar-refractivity contribution in [2.24, 2.45) is 0 Å². The number of ether oxygens (including phenoxy) is 1. The van der Waals surface area contributed by atoms with Crippen LogP contribution < -0.4 is 0 Å². The fourth-order valence-electron chi connectivity index (χ4n) is 1.50. The molecule has 0 bridgehead atoms. The molecule has 2 heterocycles. The van der Waals surface area contributed by atoms with Crippen molar-refractivity contribution in [3.8, 4) is 0 Å². The molecule has 0 aliphatic carbocycles. The average molecular weight is 245 g/mol. The lowest BCUT2D eigenvalue weighted by molar-refractivity contribution is 0.0853. The second kappa shape index (κ2) is 4.20. The zero-order valence-corrected chi connectivity index (χ0v) is 8.73. The highest BCUT2D eigenvalue weighted by Gasteiger charge is 2.15. The van der Waals surface area contributed by atoms with E-state index in [1.54, 1.807) is 0 Å². The van der Waals surface area contributed by atoms with Crippen molar-refractivity contribution in [1.29, 1.82) is 0 Å². The van der Waals surface area contributed by atoms with E-state index < -0.39 is 0 Å². The van der Waals surface area contributed by atoms with Crippen molar-refractivity contribution < 1.29 is 8.85 Å². The van der Waals surface area contributed by atoms with Gasteiger partial charge in [-0.25, -0.2) is 4.98 Å². The number of aromatic nitrogens is 1. The van der Waals surface area contributed by atoms with E-state index >= 15 is 0 Å². The molecule has 1 fully saturated rings. The SMILES string of the molecule is [2H]c1nc(Br)c([2H])c(C2CCOCC2)c1[2H]. The smallest absolute Gasteiger partial charge is 0.106 e. The summed E-state index contributed by atoms with van der Waals surface area (Å²) in [6, 6.07) is 0.327. The maximum atomic E-state index is 7.92. The normalized spacial score (nSPS) is 22.1. The lowest BCUT2D eigenvalue weighted by Crippen LogP contribution is -2.14. The van der Waals surface area contributed by atoms with E-state index in [0.29, 0.717) is 23.4 Å². The first-order valence-corrected chi connectivity index (χ1v) is 5.11. The van der Waals surface area contributed by atoms with Crippen molar-refractivity contribution >= 4 is 15.9 Å². The molecular weight excluding hydrogens is 230 g/mol. The van der Waals surface area contributed by atoms with E-state index in [1.165, 1.54) is 0 Å². The average Bonchev–Trinajstić information content (AvgIpc) is 2.28. The standard InChI is InChI=1S/C10H12BrNO/c11-10-7-9(1-4-12-10)8-2-5-13-6-3-8/h1,4,7-8H,2-3,5-6H2/i1D,4D,7D. The third-order valence-corrected chi connectivity index (χ3v) is 2.59. The van der Waals surface area contributed by atoms with E-state index in [0.717, 1.165) is 12.8 Å². The molecule has 0 atom stereocenters. The van der Waals surface area contributed by atoms with Crippen LogP contribution in [0.15, 0.2) is 22.9 Å². The van der Waals surface area contributed by atoms with Gasteiger partial charge in [0.2, 0.25) is 0 Å². The van der Waals surface area contributed by atoms with Crippen molar-refractivity contribution in [2.45, 2.75) is 18.8 Å². The lowest BCUT2D eigenvalue weighted by atomic mass is 9.93. The minimum atomic E-state index is -0.0654. The number of halogens is 1. The number of hydrogen-bond donors (Lipinski definition) is 0. The highest BCUT2D eigenvalue weighted by atomic mass is 79.9. The van der Waals surface area contributed by atoms with Crippen LogP contribution in [-0.4, -0.2) is 18.2 Å². The molecule has 1 saturated heterocycles. The molecule has 0 amide bonds. The predicted molar refractivity (Wildman–Crippen MR) is 54.7 cm³/mol. The molecule has 0 radical (unpaired) electrons. The zero-order valence-electron chi connectivity index (χ0n) is 10.1. The van der Waals surface area contributed by atoms with Gasteiger partial charge in [-0.3, -0.25) is 0 Å². The van der Waals surface area contributed by atoms with Crippen molar-refractivity contribution in [3.05, 3.63) is 28.4 Å². The van der Waals surface area contributed by atoms with Gasteiger partial charge in [0.25, 0.3) is 0 Å². The van der Waals surface area contributed by atoms with E-state index in [1.807, 2.05) is 0 Å². The van der Waals surface area contributed by atoms with Crippen molar-refractivity contribution in [2.75, 3.05) is 13.2 Å². The van der Waals surface area contributed by atoms with E-state index in [-0.39, 0.29) is 24.2 Å². The van der Waals surface area contributed by atoms with Gasteiger partial charge in [0, 0.05) is 19.4 Å². The van der Waals surface area contributed by atoms with Crippen LogP contribution in [0.4, 0.5) is 0 Å². The van der Waals surface area contributed by atoms with Crippen LogP contribution in [0.3, 0.4) is 0 Å². The van der Waals surface area contributed by atoms with Crippen LogP contribution in [0.25, 0.3) is 0 Å². The van der Waals surface area contributed by atoms with Crippen LogP contribution in [-0.2, 0) is 4.74 Å². The minimum absolute atomic E-state index is 0.0654. The first-order valence-electron chi connectivity index (χ1n) is 5.82. The maximum absolute atomic E-state index is 7.92. The van der Waals surface area contributed by atoms with Gasteiger partial charge in [0.1, 0.15) is 4.60 Å². The fraction of sp³-hybridized carbons (Fsp3) is 0.500. The number of hydrogen-bond acceptors (Lipinski definition) is 2. The van der Waals surface area contributed by atoms with Gasteiger partial charge >= 0.3 is 0 Å². The molecule has 1 aromatic rings. The highest BCUT2D eigenvalue weighted by molar-refractivity contribution is 9.10. The molecule has 1 aliphatic rings. The molecule has 3 heteroatoms. The molecule has 0 saturated carbocycles. The third kappa shape index (κ3) is 2.29. The predicted octanol–water partition coefficient (Wildman–Crippen LogP) is 2.74. The molecule has 0 spiro atoms. The molecule has 1 aromatic heterocycles. The fourth-order valence-corrected chi connectivity index (χ4v) is 1.80. The van der Waals surface area contributed by atoms with E-state index in [4.69, 9.17) is 8.85 Å². The van der Waals surface area contributed by atoms with Crippen LogP contribution in [0.2, 0.25) is 0 Å². The van der Waals surface area contributed by atoms with Gasteiger partial charge in [-0.2, -0.15) is 0 Å². The van der Waals surface area contributed by atoms with Gasteiger partial charge in [0.05, 0.1) is 4.11 Å². The highest BCUT2D eigenvalue weighted by Crippen LogP contribution is 2.27. The lowest BCUT2D eigenvalue weighted by Gasteiger charge is -2.22. The monoisotopic (exact) mass is 244 g/mol. The molecule has 2 rings (SSSR count). The molecule has 0 N–H and O–H groups in total. The zero-order chi connectivity index (χ0) is 11.7. The maximum Gasteiger partial charge on any atom is 0.106 e. The quantitative estimate of drug-likeness (QED) is 0.710. The first kappa shape index (κ1) is 6.14. The summed E-state index contributed by atoms with van der Waals surface area (Å²) in [4.78, 5) is 3.81. The Morgan fingerprint density at radius 1 is 1.54 bits per heavy atom. The number of rotatable bonds is 1. The Morgan fingerprint density at radius 2 is 2.31 bits per heavy atom. The van der Waals surface area contributed by atoms with E-state index in [2.05, 4.69) is 20.9 Å². The summed E-state index contributed by atoms with van der Waals surface area (Å²) in [5.74, 6) is 0.150. The van der Waals surface area contributed by atoms with Gasteiger partial charge in [0.15, 0.2) is 0 Å². The van der Waals surface area contributed by atoms with Crippen molar-refractivity contribution in [3.63, 3.8) is 0 Å². The molecule has 2 nitrogen and oxygen atoms in total. The summed E-state index contributed by atoms with van der Waals surface area (Å²) >= 11 is 3.16. The van der Waals surface area contributed by atoms with E-state index in [9.17, 15) is 0 Å². The molecule has 70 valence electrons. The molecule has 13 heavy (non-hydrogen) atoms. The molecule has 0 unspecified atom stereocenters. The summed E-state index contributed by atoms with van der Waals surface area (Å²) in [5, 5.41) is 0. The Hall–Kier alpha value is -0.410. The Balaban J connectivity index is 2.45. The topological polar surface area (TPSA) is 22.1 Å². The number of pyridine rings is 1. The Bertz CT molecular complexity index is 381. The van der Waals surface area contributed by atoms with Gasteiger partial charge < -0.3 is 4.74 Å². The van der Waals surface area contributed by atoms with Gasteiger partial charge in [-0.05, 0) is 52.3 Å². The summed E-state index contributed by atoms with van der Waals surface area (Å²) in [5.41, 5.74) is 0.634. The van der Waals surface area contributed by atoms with Crippen LogP contribution in [0.1, 0.15) is 28.4 Å². The molecule has 0 aromatic carbocycles. The molecular formula is C10H12BrNO. The summed E-state index contributed by atoms with van der Waals surface area (Å²) < 4.78 is 28.9. The van der Waals surface area contributed by atoms with Gasteiger partial charge in [-0.1, -0.05) is 0 Å². The summed E-state index contributed by atoms with van der Waals surface area (Å²) in [7, 11) is 0. The molecule has 1 aliphatic heterocycles. The summed E-state index contributed by atoms with van der Waals surface area (Å²) in [6.45, 7) is 1.33. The second-order valence-corrected chi connectivity index (χ2v) is 3.82. The number of nitrogens with zero attached hydrogens (tertiary/aromatic N) is 1. The largest absolute Gasteiger partial charge is 0.381 e. The Morgan fingerprint density at radius 3 is 3.08 bits per heavy atom. The first-order chi connectivity index (χ1) is 7.61. The Kier molecular flexibility index (Phi) is 1.99. The minimum Gasteiger partial charge on any atom is -0.381 e.